The minimum absolute atomic E-state index is 0.133. The van der Waals surface area contributed by atoms with Gasteiger partial charge < -0.3 is 13.9 Å². The fourth-order valence-corrected chi connectivity index (χ4v) is 3.30. The molecule has 0 atom stereocenters. The quantitative estimate of drug-likeness (QED) is 0.350. The molecule has 2 aromatic carbocycles. The lowest BCUT2D eigenvalue weighted by Crippen LogP contribution is -2.11. The summed E-state index contributed by atoms with van der Waals surface area (Å²) in [6, 6.07) is 15.9. The second kappa shape index (κ2) is 8.14. The van der Waals surface area contributed by atoms with Gasteiger partial charge in [-0.2, -0.15) is 0 Å². The lowest BCUT2D eigenvalue weighted by atomic mass is 9.99. The van der Waals surface area contributed by atoms with Gasteiger partial charge in [0.05, 0.1) is 19.8 Å². The number of carbonyl (C=O) groups excluding carboxylic acids is 2. The van der Waals surface area contributed by atoms with Crippen LogP contribution in [0.25, 0.3) is 11.3 Å². The van der Waals surface area contributed by atoms with Crippen molar-refractivity contribution in [3.63, 3.8) is 0 Å². The minimum Gasteiger partial charge on any atom is -0.497 e. The van der Waals surface area contributed by atoms with Crippen molar-refractivity contribution in [2.75, 3.05) is 20.5 Å². The maximum Gasteiger partial charge on any atom is 0.342 e. The van der Waals surface area contributed by atoms with Crippen molar-refractivity contribution >= 4 is 23.5 Å². The zero-order chi connectivity index (χ0) is 19.4. The first-order valence-corrected chi connectivity index (χ1v) is 9.36. The Morgan fingerprint density at radius 2 is 1.59 bits per heavy atom. The highest BCUT2D eigenvalue weighted by Crippen LogP contribution is 2.37. The van der Waals surface area contributed by atoms with Gasteiger partial charge in [0.2, 0.25) is 0 Å². The maximum atomic E-state index is 13.2. The smallest absolute Gasteiger partial charge is 0.342 e. The minimum atomic E-state index is -0.616. The van der Waals surface area contributed by atoms with Crippen LogP contribution in [-0.2, 0) is 4.74 Å². The van der Waals surface area contributed by atoms with Gasteiger partial charge in [-0.15, -0.1) is 0 Å². The van der Waals surface area contributed by atoms with Crippen molar-refractivity contribution in [1.29, 1.82) is 0 Å². The van der Waals surface area contributed by atoms with Crippen LogP contribution in [0.2, 0.25) is 0 Å². The molecule has 27 heavy (non-hydrogen) atoms. The molecule has 0 unspecified atom stereocenters. The van der Waals surface area contributed by atoms with E-state index >= 15 is 0 Å². The van der Waals surface area contributed by atoms with Crippen LogP contribution in [0.1, 0.15) is 26.3 Å². The molecule has 138 valence electrons. The molecule has 0 bridgehead atoms. The molecule has 1 heterocycles. The Kier molecular flexibility index (Phi) is 5.66. The molecule has 6 heteroatoms. The summed E-state index contributed by atoms with van der Waals surface area (Å²) in [5.74, 6) is 0.0359. The van der Waals surface area contributed by atoms with Crippen LogP contribution in [0.15, 0.2) is 64.1 Å². The summed E-state index contributed by atoms with van der Waals surface area (Å²) in [6.45, 7) is 0. The summed E-state index contributed by atoms with van der Waals surface area (Å²) in [6.07, 6.45) is 1.79. The predicted molar refractivity (Wildman–Crippen MR) is 104 cm³/mol. The van der Waals surface area contributed by atoms with Gasteiger partial charge in [0.1, 0.15) is 11.3 Å². The van der Waals surface area contributed by atoms with E-state index in [1.165, 1.54) is 18.9 Å². The molecule has 0 aliphatic rings. The van der Waals surface area contributed by atoms with Crippen LogP contribution in [-0.4, -0.2) is 32.2 Å². The number of ketones is 1. The van der Waals surface area contributed by atoms with Crippen LogP contribution >= 0.6 is 11.8 Å². The van der Waals surface area contributed by atoms with Crippen molar-refractivity contribution < 1.29 is 23.5 Å². The highest BCUT2D eigenvalue weighted by Gasteiger charge is 2.31. The summed E-state index contributed by atoms with van der Waals surface area (Å²) >= 11 is 1.26. The molecule has 0 spiro atoms. The molecule has 0 radical (unpaired) electrons. The third-order valence-corrected chi connectivity index (χ3v) is 4.72. The van der Waals surface area contributed by atoms with E-state index in [0.29, 0.717) is 27.7 Å². The predicted octanol–water partition coefficient (Wildman–Crippen LogP) is 4.69. The summed E-state index contributed by atoms with van der Waals surface area (Å²) in [5.41, 5.74) is 1.46. The fourth-order valence-electron chi connectivity index (χ4n) is 2.74. The van der Waals surface area contributed by atoms with E-state index in [-0.39, 0.29) is 16.9 Å². The number of hydrogen-bond donors (Lipinski definition) is 0. The van der Waals surface area contributed by atoms with E-state index in [0.717, 1.165) is 0 Å². The summed E-state index contributed by atoms with van der Waals surface area (Å²) in [7, 11) is 2.84. The second-order valence-corrected chi connectivity index (χ2v) is 6.37. The Morgan fingerprint density at radius 1 is 0.926 bits per heavy atom. The Labute approximate surface area is 161 Å². The zero-order valence-corrected chi connectivity index (χ0v) is 16.0. The molecule has 0 fully saturated rings. The average Bonchev–Trinajstić information content (AvgIpc) is 3.13. The number of carbonyl (C=O) groups is 2. The van der Waals surface area contributed by atoms with E-state index in [2.05, 4.69) is 0 Å². The van der Waals surface area contributed by atoms with Gasteiger partial charge in [0, 0.05) is 11.1 Å². The van der Waals surface area contributed by atoms with E-state index in [1.54, 1.807) is 37.6 Å². The van der Waals surface area contributed by atoms with Gasteiger partial charge >= 0.3 is 5.97 Å². The third kappa shape index (κ3) is 3.61. The van der Waals surface area contributed by atoms with Crippen molar-refractivity contribution in [2.45, 2.75) is 5.09 Å². The van der Waals surface area contributed by atoms with Gasteiger partial charge in [-0.1, -0.05) is 42.1 Å². The van der Waals surface area contributed by atoms with Crippen LogP contribution in [0.3, 0.4) is 0 Å². The topological polar surface area (TPSA) is 65.7 Å². The molecular weight excluding hydrogens is 364 g/mol. The summed E-state index contributed by atoms with van der Waals surface area (Å²) < 4.78 is 16.0. The number of thioether (sulfide) groups is 1. The molecule has 5 nitrogen and oxygen atoms in total. The molecule has 3 aromatic rings. The summed E-state index contributed by atoms with van der Waals surface area (Å²) in [4.78, 5) is 25.7. The molecule has 0 N–H and O–H groups in total. The molecule has 1 aromatic heterocycles. The van der Waals surface area contributed by atoms with Crippen LogP contribution < -0.4 is 4.74 Å². The summed E-state index contributed by atoms with van der Waals surface area (Å²) in [5, 5.41) is 0.370. The van der Waals surface area contributed by atoms with Crippen molar-refractivity contribution in [3.8, 4) is 17.1 Å². The van der Waals surface area contributed by atoms with E-state index in [9.17, 15) is 9.59 Å². The molecule has 0 saturated carbocycles. The molecule has 0 aliphatic heterocycles. The van der Waals surface area contributed by atoms with Crippen LogP contribution in [0.5, 0.6) is 5.75 Å². The van der Waals surface area contributed by atoms with E-state index in [4.69, 9.17) is 13.9 Å². The maximum absolute atomic E-state index is 13.2. The number of hydrogen-bond acceptors (Lipinski definition) is 6. The molecule has 0 amide bonds. The van der Waals surface area contributed by atoms with E-state index < -0.39 is 5.97 Å². The number of ether oxygens (including phenoxy) is 2. The molecule has 0 aliphatic carbocycles. The number of rotatable bonds is 6. The SMILES string of the molecule is COC(=O)c1c(-c2ccccc2)oc(SC)c1C(=O)c1ccc(OC)cc1. The largest absolute Gasteiger partial charge is 0.497 e. The number of methoxy groups -OCH3 is 2. The lowest BCUT2D eigenvalue weighted by molar-refractivity contribution is 0.0598. The standard InChI is InChI=1S/C21H18O5S/c1-24-15-11-9-13(10-12-15)18(22)16-17(20(23)25-2)19(26-21(16)27-3)14-7-5-4-6-8-14/h4-12H,1-3H3. The number of esters is 1. The average molecular weight is 382 g/mol. The first kappa shape index (κ1) is 18.8. The van der Waals surface area contributed by atoms with Gasteiger partial charge in [-0.25, -0.2) is 4.79 Å². The second-order valence-electron chi connectivity index (χ2n) is 5.59. The van der Waals surface area contributed by atoms with Gasteiger partial charge in [0.15, 0.2) is 16.6 Å². The normalized spacial score (nSPS) is 10.5. The molecular formula is C21H18O5S. The van der Waals surface area contributed by atoms with Crippen molar-refractivity contribution in [1.82, 2.24) is 0 Å². The highest BCUT2D eigenvalue weighted by atomic mass is 32.2. The number of benzene rings is 2. The van der Waals surface area contributed by atoms with Crippen molar-refractivity contribution in [3.05, 3.63) is 71.3 Å². The van der Waals surface area contributed by atoms with E-state index in [1.807, 2.05) is 30.3 Å². The third-order valence-electron chi connectivity index (χ3n) is 4.07. The Hall–Kier alpha value is -2.99. The Morgan fingerprint density at radius 3 is 2.15 bits per heavy atom. The molecule has 3 rings (SSSR count). The zero-order valence-electron chi connectivity index (χ0n) is 15.1. The fraction of sp³-hybridized carbons (Fsp3) is 0.143. The Balaban J connectivity index is 2.19. The first-order chi connectivity index (χ1) is 13.1. The highest BCUT2D eigenvalue weighted by molar-refractivity contribution is 7.98. The Bertz CT molecular complexity index is 958. The van der Waals surface area contributed by atoms with Crippen LogP contribution in [0.4, 0.5) is 0 Å². The van der Waals surface area contributed by atoms with Gasteiger partial charge in [-0.3, -0.25) is 4.79 Å². The van der Waals surface area contributed by atoms with Gasteiger partial charge in [0.25, 0.3) is 0 Å². The lowest BCUT2D eigenvalue weighted by Gasteiger charge is -2.06. The number of furan rings is 1. The molecule has 0 saturated heterocycles. The van der Waals surface area contributed by atoms with Gasteiger partial charge in [-0.05, 0) is 30.5 Å². The first-order valence-electron chi connectivity index (χ1n) is 8.14. The van der Waals surface area contributed by atoms with Crippen LogP contribution in [0, 0.1) is 0 Å². The van der Waals surface area contributed by atoms with Crippen molar-refractivity contribution in [2.24, 2.45) is 0 Å². The monoisotopic (exact) mass is 382 g/mol.